The van der Waals surface area contributed by atoms with Gasteiger partial charge in [0, 0.05) is 17.9 Å². The number of rotatable bonds is 1. The first-order chi connectivity index (χ1) is 10.1. The van der Waals surface area contributed by atoms with Gasteiger partial charge in [-0.15, -0.1) is 0 Å². The largest absolute Gasteiger partial charge is 0.504 e. The molecular formula is C17H16O4. The molecule has 0 saturated heterocycles. The first-order valence-corrected chi connectivity index (χ1v) is 6.96. The van der Waals surface area contributed by atoms with Crippen molar-refractivity contribution in [3.63, 3.8) is 0 Å². The van der Waals surface area contributed by atoms with E-state index in [9.17, 15) is 10.2 Å². The maximum atomic E-state index is 11.0. The van der Waals surface area contributed by atoms with Gasteiger partial charge in [0.25, 0.3) is 0 Å². The number of hydrogen-bond acceptors (Lipinski definition) is 4. The van der Waals surface area contributed by atoms with E-state index >= 15 is 0 Å². The highest BCUT2D eigenvalue weighted by molar-refractivity contribution is 5.58. The Balaban J connectivity index is 1.94. The predicted molar refractivity (Wildman–Crippen MR) is 77.1 cm³/mol. The second kappa shape index (κ2) is 4.15. The summed E-state index contributed by atoms with van der Waals surface area (Å²) in [7, 11) is 1.53. The Morgan fingerprint density at radius 1 is 1.24 bits per heavy atom. The molecule has 0 spiro atoms. The summed E-state index contributed by atoms with van der Waals surface area (Å²) in [6, 6.07) is 11.3. The first-order valence-electron chi connectivity index (χ1n) is 6.96. The fourth-order valence-electron chi connectivity index (χ4n) is 3.58. The molecule has 0 unspecified atom stereocenters. The SMILES string of the molecule is COc1cc2c(cc1O)C[C@@]1(O)COc3ccccc3[C@@H]21. The average molecular weight is 284 g/mol. The number of para-hydroxylation sites is 1. The van der Waals surface area contributed by atoms with Crippen molar-refractivity contribution in [1.29, 1.82) is 0 Å². The van der Waals surface area contributed by atoms with Gasteiger partial charge in [-0.3, -0.25) is 0 Å². The topological polar surface area (TPSA) is 58.9 Å². The van der Waals surface area contributed by atoms with E-state index < -0.39 is 5.60 Å². The van der Waals surface area contributed by atoms with E-state index in [1.54, 1.807) is 6.07 Å². The molecule has 0 radical (unpaired) electrons. The minimum absolute atomic E-state index is 0.104. The summed E-state index contributed by atoms with van der Waals surface area (Å²) in [6.45, 7) is 0.256. The van der Waals surface area contributed by atoms with Crippen molar-refractivity contribution in [3.05, 3.63) is 53.1 Å². The molecule has 2 N–H and O–H groups in total. The highest BCUT2D eigenvalue weighted by atomic mass is 16.5. The molecule has 2 aromatic rings. The van der Waals surface area contributed by atoms with Gasteiger partial charge < -0.3 is 19.7 Å². The van der Waals surface area contributed by atoms with Gasteiger partial charge >= 0.3 is 0 Å². The summed E-state index contributed by atoms with van der Waals surface area (Å²) in [5.74, 6) is 1.20. The van der Waals surface area contributed by atoms with E-state index in [-0.39, 0.29) is 18.3 Å². The molecule has 2 aromatic carbocycles. The van der Waals surface area contributed by atoms with Gasteiger partial charge in [-0.05, 0) is 29.3 Å². The number of phenols is 1. The van der Waals surface area contributed by atoms with Crippen LogP contribution in [-0.2, 0) is 6.42 Å². The highest BCUT2D eigenvalue weighted by Crippen LogP contribution is 2.52. The quantitative estimate of drug-likeness (QED) is 0.843. The molecule has 2 atom stereocenters. The molecule has 4 heteroatoms. The fourth-order valence-corrected chi connectivity index (χ4v) is 3.58. The van der Waals surface area contributed by atoms with Crippen molar-refractivity contribution < 1.29 is 19.7 Å². The van der Waals surface area contributed by atoms with Gasteiger partial charge in [-0.2, -0.15) is 0 Å². The van der Waals surface area contributed by atoms with Gasteiger partial charge in [0.15, 0.2) is 11.5 Å². The summed E-state index contributed by atoms with van der Waals surface area (Å²) < 4.78 is 10.9. The van der Waals surface area contributed by atoms with Crippen LogP contribution in [0.2, 0.25) is 0 Å². The molecule has 1 aliphatic heterocycles. The van der Waals surface area contributed by atoms with E-state index in [4.69, 9.17) is 9.47 Å². The number of fused-ring (bicyclic) bond motifs is 5. The summed E-state index contributed by atoms with van der Waals surface area (Å²) in [5.41, 5.74) is 1.97. The van der Waals surface area contributed by atoms with Crippen LogP contribution in [0.1, 0.15) is 22.6 Å². The van der Waals surface area contributed by atoms with Crippen molar-refractivity contribution >= 4 is 0 Å². The van der Waals surface area contributed by atoms with Crippen LogP contribution in [0.4, 0.5) is 0 Å². The lowest BCUT2D eigenvalue weighted by Crippen LogP contribution is -2.43. The molecule has 4 nitrogen and oxygen atoms in total. The van der Waals surface area contributed by atoms with Crippen LogP contribution in [-0.4, -0.2) is 29.5 Å². The van der Waals surface area contributed by atoms with E-state index in [1.165, 1.54) is 7.11 Å². The molecule has 2 aliphatic rings. The smallest absolute Gasteiger partial charge is 0.160 e. The third-order valence-electron chi connectivity index (χ3n) is 4.49. The molecule has 1 aliphatic carbocycles. The fraction of sp³-hybridized carbons (Fsp3) is 0.294. The molecule has 1 heterocycles. The molecule has 0 amide bonds. The third-order valence-corrected chi connectivity index (χ3v) is 4.49. The number of methoxy groups -OCH3 is 1. The predicted octanol–water partition coefficient (Wildman–Crippen LogP) is 2.21. The van der Waals surface area contributed by atoms with Crippen LogP contribution in [0.25, 0.3) is 0 Å². The lowest BCUT2D eigenvalue weighted by molar-refractivity contribution is -0.0217. The Hall–Kier alpha value is -2.20. The van der Waals surface area contributed by atoms with Gasteiger partial charge in [0.05, 0.1) is 7.11 Å². The summed E-state index contributed by atoms with van der Waals surface area (Å²) in [6.07, 6.45) is 0.471. The summed E-state index contributed by atoms with van der Waals surface area (Å²) in [4.78, 5) is 0. The Labute approximate surface area is 122 Å². The van der Waals surface area contributed by atoms with Crippen LogP contribution in [0.3, 0.4) is 0 Å². The van der Waals surface area contributed by atoms with Gasteiger partial charge in [0.2, 0.25) is 0 Å². The zero-order valence-electron chi connectivity index (χ0n) is 11.7. The Bertz CT molecular complexity index is 725. The minimum atomic E-state index is -0.963. The van der Waals surface area contributed by atoms with Gasteiger partial charge in [-0.1, -0.05) is 18.2 Å². The van der Waals surface area contributed by atoms with E-state index in [2.05, 4.69) is 0 Å². The Morgan fingerprint density at radius 2 is 2.05 bits per heavy atom. The van der Waals surface area contributed by atoms with Gasteiger partial charge in [-0.25, -0.2) is 0 Å². The molecule has 0 aromatic heterocycles. The van der Waals surface area contributed by atoms with Crippen LogP contribution in [0.5, 0.6) is 17.2 Å². The molecular weight excluding hydrogens is 268 g/mol. The maximum Gasteiger partial charge on any atom is 0.160 e. The molecule has 0 bridgehead atoms. The normalized spacial score (nSPS) is 25.5. The number of aromatic hydroxyl groups is 1. The van der Waals surface area contributed by atoms with Crippen LogP contribution in [0.15, 0.2) is 36.4 Å². The zero-order valence-corrected chi connectivity index (χ0v) is 11.7. The number of hydrogen-bond donors (Lipinski definition) is 2. The molecule has 21 heavy (non-hydrogen) atoms. The number of ether oxygens (including phenoxy) is 2. The lowest BCUT2D eigenvalue weighted by Gasteiger charge is -2.36. The van der Waals surface area contributed by atoms with Crippen molar-refractivity contribution in [3.8, 4) is 17.2 Å². The second-order valence-electron chi connectivity index (χ2n) is 5.76. The lowest BCUT2D eigenvalue weighted by atomic mass is 9.80. The third kappa shape index (κ3) is 1.66. The summed E-state index contributed by atoms with van der Waals surface area (Å²) in [5, 5.41) is 20.9. The molecule has 4 rings (SSSR count). The van der Waals surface area contributed by atoms with Crippen LogP contribution >= 0.6 is 0 Å². The Kier molecular flexibility index (Phi) is 2.48. The Morgan fingerprint density at radius 3 is 2.86 bits per heavy atom. The minimum Gasteiger partial charge on any atom is -0.504 e. The molecule has 0 fully saturated rings. The van der Waals surface area contributed by atoms with Crippen molar-refractivity contribution in [2.24, 2.45) is 0 Å². The van der Waals surface area contributed by atoms with Gasteiger partial charge in [0.1, 0.15) is 18.0 Å². The van der Waals surface area contributed by atoms with Crippen LogP contribution in [0, 0.1) is 0 Å². The number of benzene rings is 2. The molecule has 108 valence electrons. The van der Waals surface area contributed by atoms with E-state index in [0.29, 0.717) is 12.2 Å². The van der Waals surface area contributed by atoms with Crippen molar-refractivity contribution in [2.45, 2.75) is 17.9 Å². The second-order valence-corrected chi connectivity index (χ2v) is 5.76. The maximum absolute atomic E-state index is 11.0. The monoisotopic (exact) mass is 284 g/mol. The van der Waals surface area contributed by atoms with Crippen molar-refractivity contribution in [1.82, 2.24) is 0 Å². The van der Waals surface area contributed by atoms with E-state index in [1.807, 2.05) is 30.3 Å². The number of aliphatic hydroxyl groups is 1. The summed E-state index contributed by atoms with van der Waals surface area (Å²) >= 11 is 0. The highest BCUT2D eigenvalue weighted by Gasteiger charge is 2.50. The zero-order chi connectivity index (χ0) is 14.6. The van der Waals surface area contributed by atoms with Crippen molar-refractivity contribution in [2.75, 3.05) is 13.7 Å². The van der Waals surface area contributed by atoms with E-state index in [0.717, 1.165) is 22.4 Å². The standard InChI is InChI=1S/C17H16O4/c1-20-15-7-12-10(6-13(15)18)8-17(19)9-21-14-5-3-2-4-11(14)16(12)17/h2-7,16,18-19H,8-9H2,1H3/t16-,17+/m0/s1. The molecule has 0 saturated carbocycles. The first kappa shape index (κ1) is 12.5. The average Bonchev–Trinajstić information content (AvgIpc) is 2.77. The van der Waals surface area contributed by atoms with Crippen LogP contribution < -0.4 is 9.47 Å². The number of phenolic OH excluding ortho intramolecular Hbond substituents is 1.